The van der Waals surface area contributed by atoms with Crippen LogP contribution in [0.5, 0.6) is 0 Å². The van der Waals surface area contributed by atoms with E-state index < -0.39 is 0 Å². The normalized spacial score (nSPS) is 11.5. The van der Waals surface area contributed by atoms with Crippen molar-refractivity contribution in [1.29, 1.82) is 0 Å². The molecule has 0 aliphatic carbocycles. The number of rotatable bonds is 4. The summed E-state index contributed by atoms with van der Waals surface area (Å²) >= 11 is 0. The Hall–Kier alpha value is -5.98. The molecule has 0 nitrogen and oxygen atoms in total. The smallest absolute Gasteiger partial charge is 0.00197 e. The van der Waals surface area contributed by atoms with Gasteiger partial charge in [-0.15, -0.1) is 0 Å². The monoisotopic (exact) mass is 610 g/mol. The molecule has 0 spiro atoms. The number of benzene rings is 9. The number of hydrogen-bond donors (Lipinski definition) is 0. The third-order valence-corrected chi connectivity index (χ3v) is 9.86. The number of hydrogen-bond acceptors (Lipinski definition) is 0. The molecule has 0 aliphatic rings. The Morgan fingerprint density at radius 2 is 0.812 bits per heavy atom. The third kappa shape index (κ3) is 4.77. The Morgan fingerprint density at radius 3 is 1.52 bits per heavy atom. The molecule has 0 fully saturated rings. The average Bonchev–Trinajstić information content (AvgIpc) is 3.13. The van der Waals surface area contributed by atoms with Gasteiger partial charge in [-0.2, -0.15) is 0 Å². The average molecular weight is 611 g/mol. The molecule has 0 aliphatic heterocycles. The minimum absolute atomic E-state index is 1.22. The van der Waals surface area contributed by atoms with Crippen LogP contribution in [0.3, 0.4) is 0 Å². The summed E-state index contributed by atoms with van der Waals surface area (Å²) in [5.74, 6) is 0. The fraction of sp³-hybridized carbons (Fsp3) is 0.0417. The van der Waals surface area contributed by atoms with E-state index in [-0.39, 0.29) is 0 Å². The molecule has 0 aromatic heterocycles. The second-order valence-electron chi connectivity index (χ2n) is 13.1. The van der Waals surface area contributed by atoms with Gasteiger partial charge in [-0.25, -0.2) is 0 Å². The zero-order valence-electron chi connectivity index (χ0n) is 27.2. The van der Waals surface area contributed by atoms with Gasteiger partial charge in [-0.3, -0.25) is 0 Å². The molecule has 9 aromatic rings. The van der Waals surface area contributed by atoms with Crippen molar-refractivity contribution in [3.8, 4) is 44.5 Å². The van der Waals surface area contributed by atoms with Crippen LogP contribution < -0.4 is 0 Å². The molecule has 0 saturated heterocycles. The van der Waals surface area contributed by atoms with Crippen molar-refractivity contribution >= 4 is 43.1 Å². The van der Waals surface area contributed by atoms with Crippen molar-refractivity contribution in [3.63, 3.8) is 0 Å². The molecular formula is C48H34. The summed E-state index contributed by atoms with van der Waals surface area (Å²) in [4.78, 5) is 0. The van der Waals surface area contributed by atoms with Crippen LogP contribution in [0.25, 0.3) is 87.6 Å². The maximum atomic E-state index is 2.43. The summed E-state index contributed by atoms with van der Waals surface area (Å²) in [6.07, 6.45) is 0. The molecule has 48 heavy (non-hydrogen) atoms. The molecule has 9 rings (SSSR count). The first-order valence-electron chi connectivity index (χ1n) is 16.8. The number of fused-ring (bicyclic) bond motifs is 4. The summed E-state index contributed by atoms with van der Waals surface area (Å²) in [5.41, 5.74) is 12.6. The maximum Gasteiger partial charge on any atom is -0.00197 e. The lowest BCUT2D eigenvalue weighted by atomic mass is 9.82. The predicted octanol–water partition coefficient (Wildman–Crippen LogP) is 13.6. The highest BCUT2D eigenvalue weighted by Crippen LogP contribution is 2.48. The van der Waals surface area contributed by atoms with E-state index in [1.54, 1.807) is 0 Å². The topological polar surface area (TPSA) is 0 Å². The highest BCUT2D eigenvalue weighted by Gasteiger charge is 2.21. The second kappa shape index (κ2) is 11.4. The zero-order chi connectivity index (χ0) is 32.2. The first kappa shape index (κ1) is 28.3. The fourth-order valence-corrected chi connectivity index (χ4v) is 7.75. The van der Waals surface area contributed by atoms with Gasteiger partial charge in [-0.1, -0.05) is 157 Å². The molecule has 226 valence electrons. The van der Waals surface area contributed by atoms with Gasteiger partial charge >= 0.3 is 0 Å². The van der Waals surface area contributed by atoms with Gasteiger partial charge in [-0.05, 0) is 126 Å². The van der Waals surface area contributed by atoms with E-state index >= 15 is 0 Å². The van der Waals surface area contributed by atoms with Crippen LogP contribution >= 0.6 is 0 Å². The molecule has 0 bridgehead atoms. The third-order valence-electron chi connectivity index (χ3n) is 9.86. The van der Waals surface area contributed by atoms with Crippen LogP contribution in [0.4, 0.5) is 0 Å². The van der Waals surface area contributed by atoms with E-state index in [9.17, 15) is 0 Å². The van der Waals surface area contributed by atoms with Crippen molar-refractivity contribution in [2.24, 2.45) is 0 Å². The van der Waals surface area contributed by atoms with Crippen LogP contribution in [0.15, 0.2) is 170 Å². The quantitative estimate of drug-likeness (QED) is 0.174. The van der Waals surface area contributed by atoms with E-state index in [2.05, 4.69) is 184 Å². The molecule has 0 heterocycles. The molecule has 0 saturated carbocycles. The fourth-order valence-electron chi connectivity index (χ4n) is 7.75. The van der Waals surface area contributed by atoms with E-state index in [0.29, 0.717) is 0 Å². The van der Waals surface area contributed by atoms with Gasteiger partial charge in [0.15, 0.2) is 0 Å². The van der Waals surface area contributed by atoms with Crippen LogP contribution in [-0.2, 0) is 0 Å². The summed E-state index contributed by atoms with van der Waals surface area (Å²) in [6, 6.07) is 63.0. The molecular weight excluding hydrogens is 577 g/mol. The van der Waals surface area contributed by atoms with E-state index in [0.717, 1.165) is 0 Å². The van der Waals surface area contributed by atoms with Crippen molar-refractivity contribution in [2.75, 3.05) is 0 Å². The lowest BCUT2D eigenvalue weighted by Gasteiger charge is -2.21. The van der Waals surface area contributed by atoms with Crippen LogP contribution in [0.1, 0.15) is 11.1 Å². The Labute approximate surface area is 281 Å². The Balaban J connectivity index is 1.46. The van der Waals surface area contributed by atoms with Gasteiger partial charge < -0.3 is 0 Å². The van der Waals surface area contributed by atoms with Crippen LogP contribution in [0, 0.1) is 13.8 Å². The first-order chi connectivity index (χ1) is 23.6. The Kier molecular flexibility index (Phi) is 6.69. The minimum atomic E-state index is 1.22. The predicted molar refractivity (Wildman–Crippen MR) is 208 cm³/mol. The minimum Gasteiger partial charge on any atom is -0.0622 e. The SMILES string of the molecule is Cc1cc(C)cc(-c2cc3ccccc3cc2-c2c3ccccc3c(-c3ccc4ccccc4c3)c3ccc(-c4ccccc4)cc23)c1. The molecule has 0 radical (unpaired) electrons. The van der Waals surface area contributed by atoms with Crippen molar-refractivity contribution in [1.82, 2.24) is 0 Å². The van der Waals surface area contributed by atoms with Gasteiger partial charge in [0.1, 0.15) is 0 Å². The van der Waals surface area contributed by atoms with Crippen LogP contribution in [-0.4, -0.2) is 0 Å². The second-order valence-corrected chi connectivity index (χ2v) is 13.1. The molecule has 0 N–H and O–H groups in total. The van der Waals surface area contributed by atoms with Crippen molar-refractivity contribution < 1.29 is 0 Å². The van der Waals surface area contributed by atoms with Crippen molar-refractivity contribution in [2.45, 2.75) is 13.8 Å². The van der Waals surface area contributed by atoms with E-state index in [4.69, 9.17) is 0 Å². The standard InChI is InChI=1S/C48H34/c1-31-24-32(2)26-40(25-31)44-28-36-16-8-9-17-37(36)29-46(44)48-42-19-11-10-18-41(42)47(39-21-20-34-14-6-7-15-35(34)27-39)43-23-22-38(30-45(43)48)33-12-4-3-5-13-33/h3-30H,1-2H3. The number of aryl methyl sites for hydroxylation is 2. The van der Waals surface area contributed by atoms with Gasteiger partial charge in [0.2, 0.25) is 0 Å². The lowest BCUT2D eigenvalue weighted by Crippen LogP contribution is -1.94. The molecule has 9 aromatic carbocycles. The van der Waals surface area contributed by atoms with Gasteiger partial charge in [0, 0.05) is 0 Å². The maximum absolute atomic E-state index is 2.43. The molecule has 0 heteroatoms. The Bertz CT molecular complexity index is 2660. The van der Waals surface area contributed by atoms with Crippen LogP contribution in [0.2, 0.25) is 0 Å². The first-order valence-corrected chi connectivity index (χ1v) is 16.8. The van der Waals surface area contributed by atoms with Crippen molar-refractivity contribution in [3.05, 3.63) is 181 Å². The summed E-state index contributed by atoms with van der Waals surface area (Å²) in [5, 5.41) is 10.1. The van der Waals surface area contributed by atoms with Gasteiger partial charge in [0.25, 0.3) is 0 Å². The molecule has 0 atom stereocenters. The largest absolute Gasteiger partial charge is 0.0622 e. The summed E-state index contributed by atoms with van der Waals surface area (Å²) < 4.78 is 0. The summed E-state index contributed by atoms with van der Waals surface area (Å²) in [7, 11) is 0. The molecule has 0 unspecified atom stereocenters. The zero-order valence-corrected chi connectivity index (χ0v) is 27.2. The van der Waals surface area contributed by atoms with Gasteiger partial charge in [0.05, 0.1) is 0 Å². The lowest BCUT2D eigenvalue weighted by molar-refractivity contribution is 1.38. The summed E-state index contributed by atoms with van der Waals surface area (Å²) in [6.45, 7) is 4.40. The highest BCUT2D eigenvalue weighted by atomic mass is 14.2. The van der Waals surface area contributed by atoms with E-state index in [1.165, 1.54) is 98.7 Å². The Morgan fingerprint density at radius 1 is 0.271 bits per heavy atom. The molecule has 0 amide bonds. The highest BCUT2D eigenvalue weighted by molar-refractivity contribution is 6.23. The van der Waals surface area contributed by atoms with E-state index in [1.807, 2.05) is 0 Å².